The molecule has 0 aliphatic heterocycles. The van der Waals surface area contributed by atoms with Crippen molar-refractivity contribution in [1.82, 2.24) is 5.32 Å². The fourth-order valence-electron chi connectivity index (χ4n) is 0.329. The van der Waals surface area contributed by atoms with Crippen LogP contribution in [0.4, 0.5) is 4.79 Å². The summed E-state index contributed by atoms with van der Waals surface area (Å²) in [5.74, 6) is 0. The molecule has 0 bridgehead atoms. The number of carbonyl (C=O) groups excluding carboxylic acids is 1. The second kappa shape index (κ2) is 11.9. The average Bonchev–Trinajstić information content (AvgIpc) is 1.88. The van der Waals surface area contributed by atoms with E-state index in [1.165, 1.54) is 0 Å². The molecule has 6 nitrogen and oxygen atoms in total. The molecule has 0 aromatic carbocycles. The summed E-state index contributed by atoms with van der Waals surface area (Å²) < 4.78 is 0. The van der Waals surface area contributed by atoms with Crippen molar-refractivity contribution >= 4 is 6.03 Å². The zero-order valence-corrected chi connectivity index (χ0v) is 6.55. The summed E-state index contributed by atoms with van der Waals surface area (Å²) in [6.07, 6.45) is 0. The van der Waals surface area contributed by atoms with Gasteiger partial charge in [-0.2, -0.15) is 0 Å². The minimum atomic E-state index is -0.833. The number of urea groups is 1. The van der Waals surface area contributed by atoms with Gasteiger partial charge in [-0.05, 0) is 0 Å². The first-order valence-electron chi connectivity index (χ1n) is 3.31. The third-order valence-corrected chi connectivity index (χ3v) is 0.642. The predicted octanol–water partition coefficient (Wildman–Crippen LogP) is -2.48. The molecule has 0 aromatic rings. The van der Waals surface area contributed by atoms with Gasteiger partial charge in [0.25, 0.3) is 0 Å². The summed E-state index contributed by atoms with van der Waals surface area (Å²) >= 11 is 0. The van der Waals surface area contributed by atoms with Crippen LogP contribution in [-0.2, 0) is 0 Å². The van der Waals surface area contributed by atoms with Crippen molar-refractivity contribution in [2.45, 2.75) is 0 Å². The topological polar surface area (TPSA) is 133 Å². The first-order chi connectivity index (χ1) is 5.15. The van der Waals surface area contributed by atoms with Crippen LogP contribution in [0.2, 0.25) is 0 Å². The van der Waals surface area contributed by atoms with Crippen LogP contribution in [0.1, 0.15) is 0 Å². The lowest BCUT2D eigenvalue weighted by molar-refractivity contribution is 0.256. The largest absolute Gasteiger partial charge is 0.352 e. The molecule has 0 fully saturated rings. The Morgan fingerprint density at radius 1 is 1.09 bits per heavy atom. The third kappa shape index (κ3) is 47.1. The smallest absolute Gasteiger partial charge is 0.309 e. The van der Waals surface area contributed by atoms with Gasteiger partial charge in [0, 0.05) is 26.2 Å². The summed E-state index contributed by atoms with van der Waals surface area (Å²) in [6.45, 7) is 3.13. The molecule has 0 unspecified atom stereocenters. The SMILES string of the molecule is NC(N)=O.NCCNCCN. The van der Waals surface area contributed by atoms with Gasteiger partial charge in [0.1, 0.15) is 0 Å². The van der Waals surface area contributed by atoms with E-state index in [9.17, 15) is 0 Å². The molecule has 0 aromatic heterocycles. The van der Waals surface area contributed by atoms with Crippen LogP contribution >= 0.6 is 0 Å². The maximum atomic E-state index is 9.00. The number of nitrogens with two attached hydrogens (primary N) is 4. The standard InChI is InChI=1S/C4H13N3.CH4N2O/c5-1-3-7-4-2-6;2-1(3)4/h7H,1-6H2;(H4,2,3,4). The quantitative estimate of drug-likeness (QED) is 0.293. The fourth-order valence-corrected chi connectivity index (χ4v) is 0.329. The van der Waals surface area contributed by atoms with Gasteiger partial charge in [-0.1, -0.05) is 0 Å². The van der Waals surface area contributed by atoms with Crippen LogP contribution in [0.25, 0.3) is 0 Å². The Morgan fingerprint density at radius 2 is 1.36 bits per heavy atom. The van der Waals surface area contributed by atoms with Crippen LogP contribution < -0.4 is 28.3 Å². The average molecular weight is 163 g/mol. The van der Waals surface area contributed by atoms with Gasteiger partial charge in [0.15, 0.2) is 0 Å². The van der Waals surface area contributed by atoms with E-state index in [1.807, 2.05) is 0 Å². The zero-order valence-electron chi connectivity index (χ0n) is 6.55. The molecule has 0 atom stereocenters. The van der Waals surface area contributed by atoms with E-state index < -0.39 is 6.03 Å². The molecule has 11 heavy (non-hydrogen) atoms. The predicted molar refractivity (Wildman–Crippen MR) is 44.7 cm³/mol. The molecular formula is C5H17N5O. The maximum Gasteiger partial charge on any atom is 0.309 e. The molecule has 9 N–H and O–H groups in total. The van der Waals surface area contributed by atoms with E-state index in [0.29, 0.717) is 13.1 Å². The molecule has 0 aliphatic carbocycles. The minimum absolute atomic E-state index is 0.694. The van der Waals surface area contributed by atoms with Gasteiger partial charge >= 0.3 is 6.03 Å². The van der Waals surface area contributed by atoms with E-state index in [-0.39, 0.29) is 0 Å². The first-order valence-corrected chi connectivity index (χ1v) is 3.31. The molecule has 0 heterocycles. The molecule has 2 amide bonds. The van der Waals surface area contributed by atoms with E-state index in [0.717, 1.165) is 13.1 Å². The van der Waals surface area contributed by atoms with Gasteiger partial charge in [-0.25, -0.2) is 4.79 Å². The lowest BCUT2D eigenvalue weighted by Crippen LogP contribution is -2.27. The number of carbonyl (C=O) groups is 1. The number of hydrogen-bond acceptors (Lipinski definition) is 4. The number of amides is 2. The molecule has 68 valence electrons. The monoisotopic (exact) mass is 163 g/mol. The Hall–Kier alpha value is -0.850. The highest BCUT2D eigenvalue weighted by molar-refractivity contribution is 5.69. The Kier molecular flexibility index (Phi) is 13.8. The second-order valence-electron chi connectivity index (χ2n) is 1.73. The molecule has 0 rings (SSSR count). The summed E-state index contributed by atoms with van der Waals surface area (Å²) in [4.78, 5) is 9.00. The Morgan fingerprint density at radius 3 is 1.55 bits per heavy atom. The Labute approximate surface area is 66.3 Å². The maximum absolute atomic E-state index is 9.00. The van der Waals surface area contributed by atoms with Crippen LogP contribution in [0.15, 0.2) is 0 Å². The molecule has 0 radical (unpaired) electrons. The van der Waals surface area contributed by atoms with E-state index in [1.54, 1.807) is 0 Å². The number of primary amides is 2. The molecule has 6 heteroatoms. The van der Waals surface area contributed by atoms with Gasteiger partial charge in [0.05, 0.1) is 0 Å². The number of rotatable bonds is 4. The van der Waals surface area contributed by atoms with Crippen molar-refractivity contribution in [3.8, 4) is 0 Å². The van der Waals surface area contributed by atoms with Gasteiger partial charge in [-0.3, -0.25) is 0 Å². The van der Waals surface area contributed by atoms with Crippen molar-refractivity contribution in [2.24, 2.45) is 22.9 Å². The lowest BCUT2D eigenvalue weighted by Gasteiger charge is -1.95. The summed E-state index contributed by atoms with van der Waals surface area (Å²) in [5, 5.41) is 3.03. The van der Waals surface area contributed by atoms with Crippen LogP contribution in [0.3, 0.4) is 0 Å². The van der Waals surface area contributed by atoms with Crippen molar-refractivity contribution in [3.05, 3.63) is 0 Å². The fraction of sp³-hybridized carbons (Fsp3) is 0.800. The lowest BCUT2D eigenvalue weighted by atomic mass is 10.6. The molecule has 0 saturated heterocycles. The van der Waals surface area contributed by atoms with Gasteiger partial charge < -0.3 is 28.3 Å². The zero-order chi connectivity index (χ0) is 9.11. The highest BCUT2D eigenvalue weighted by Gasteiger charge is 1.76. The highest BCUT2D eigenvalue weighted by Crippen LogP contribution is 1.49. The molecular weight excluding hydrogens is 146 g/mol. The first kappa shape index (κ1) is 12.8. The van der Waals surface area contributed by atoms with E-state index in [4.69, 9.17) is 16.3 Å². The molecule has 0 aliphatic rings. The Balaban J connectivity index is 0. The number of hydrogen-bond donors (Lipinski definition) is 5. The Bertz CT molecular complexity index is 78.9. The van der Waals surface area contributed by atoms with Gasteiger partial charge in [0.2, 0.25) is 0 Å². The molecule has 0 saturated carbocycles. The van der Waals surface area contributed by atoms with Crippen LogP contribution in [-0.4, -0.2) is 32.2 Å². The van der Waals surface area contributed by atoms with Crippen molar-refractivity contribution < 1.29 is 4.79 Å². The highest BCUT2D eigenvalue weighted by atomic mass is 16.2. The summed E-state index contributed by atoms with van der Waals surface area (Å²) in [5.41, 5.74) is 18.8. The normalized spacial score (nSPS) is 8.18. The van der Waals surface area contributed by atoms with Crippen LogP contribution in [0.5, 0.6) is 0 Å². The second-order valence-corrected chi connectivity index (χ2v) is 1.73. The van der Waals surface area contributed by atoms with Crippen molar-refractivity contribution in [2.75, 3.05) is 26.2 Å². The molecule has 0 spiro atoms. The van der Waals surface area contributed by atoms with Gasteiger partial charge in [-0.15, -0.1) is 0 Å². The summed E-state index contributed by atoms with van der Waals surface area (Å²) in [7, 11) is 0. The van der Waals surface area contributed by atoms with Crippen molar-refractivity contribution in [1.29, 1.82) is 0 Å². The number of nitrogens with one attached hydrogen (secondary N) is 1. The third-order valence-electron chi connectivity index (χ3n) is 0.642. The van der Waals surface area contributed by atoms with Crippen LogP contribution in [0, 0.1) is 0 Å². The summed E-state index contributed by atoms with van der Waals surface area (Å²) in [6, 6.07) is -0.833. The van der Waals surface area contributed by atoms with E-state index in [2.05, 4.69) is 16.8 Å². The minimum Gasteiger partial charge on any atom is -0.352 e. The van der Waals surface area contributed by atoms with E-state index >= 15 is 0 Å². The van der Waals surface area contributed by atoms with Crippen molar-refractivity contribution in [3.63, 3.8) is 0 Å².